The zero-order valence-electron chi connectivity index (χ0n) is 9.77. The van der Waals surface area contributed by atoms with Gasteiger partial charge in [0, 0.05) is 12.8 Å². The first kappa shape index (κ1) is 13.2. The Morgan fingerprint density at radius 1 is 1.35 bits per heavy atom. The maximum atomic E-state index is 11.6. The van der Waals surface area contributed by atoms with Crippen LogP contribution >= 0.6 is 0 Å². The van der Waals surface area contributed by atoms with Gasteiger partial charge >= 0.3 is 5.97 Å². The number of carbonyl (C=O) groups excluding carboxylic acids is 1. The van der Waals surface area contributed by atoms with Crippen LogP contribution in [0.1, 0.15) is 17.3 Å². The zero-order valence-corrected chi connectivity index (χ0v) is 9.77. The molecule has 0 saturated carbocycles. The van der Waals surface area contributed by atoms with E-state index in [0.717, 1.165) is 0 Å². The molecule has 0 aliphatic carbocycles. The van der Waals surface area contributed by atoms with Gasteiger partial charge in [-0.05, 0) is 24.3 Å². The highest BCUT2D eigenvalue weighted by atomic mass is 16.5. The second-order valence-electron chi connectivity index (χ2n) is 3.73. The summed E-state index contributed by atoms with van der Waals surface area (Å²) in [5.74, 6) is -1.40. The third-order valence-corrected chi connectivity index (χ3v) is 2.26. The minimum absolute atomic E-state index is 0.157. The first-order chi connectivity index (χ1) is 8.04. The minimum atomic E-state index is -0.990. The molecule has 5 nitrogen and oxygen atoms in total. The molecule has 1 aromatic rings. The van der Waals surface area contributed by atoms with Crippen LogP contribution in [0.15, 0.2) is 24.3 Å². The van der Waals surface area contributed by atoms with E-state index < -0.39 is 5.97 Å². The van der Waals surface area contributed by atoms with Crippen molar-refractivity contribution in [2.24, 2.45) is 5.92 Å². The number of ether oxygens (including phenoxy) is 1. The van der Waals surface area contributed by atoms with Gasteiger partial charge in [0.2, 0.25) is 5.91 Å². The molecule has 0 aliphatic rings. The van der Waals surface area contributed by atoms with Crippen LogP contribution in [0.3, 0.4) is 0 Å². The summed E-state index contributed by atoms with van der Waals surface area (Å²) in [6.07, 6.45) is 0. The van der Waals surface area contributed by atoms with Gasteiger partial charge in [-0.25, -0.2) is 4.79 Å². The summed E-state index contributed by atoms with van der Waals surface area (Å²) in [4.78, 5) is 22.2. The maximum Gasteiger partial charge on any atom is 0.335 e. The van der Waals surface area contributed by atoms with Gasteiger partial charge in [-0.3, -0.25) is 4.79 Å². The van der Waals surface area contributed by atoms with Gasteiger partial charge in [-0.1, -0.05) is 6.92 Å². The van der Waals surface area contributed by atoms with Crippen LogP contribution in [-0.2, 0) is 9.53 Å². The van der Waals surface area contributed by atoms with Crippen molar-refractivity contribution in [1.29, 1.82) is 0 Å². The Labute approximate surface area is 99.4 Å². The van der Waals surface area contributed by atoms with Gasteiger partial charge in [-0.15, -0.1) is 0 Å². The highest BCUT2D eigenvalue weighted by Gasteiger charge is 2.12. The Morgan fingerprint density at radius 3 is 2.41 bits per heavy atom. The number of benzene rings is 1. The molecule has 0 fully saturated rings. The number of hydrogen-bond acceptors (Lipinski definition) is 3. The molecule has 2 N–H and O–H groups in total. The minimum Gasteiger partial charge on any atom is -0.478 e. The fourth-order valence-electron chi connectivity index (χ4n) is 1.29. The number of hydrogen-bond donors (Lipinski definition) is 2. The number of carboxylic acids is 1. The molecule has 0 saturated heterocycles. The monoisotopic (exact) mass is 237 g/mol. The molecule has 1 rings (SSSR count). The topological polar surface area (TPSA) is 75.6 Å². The number of anilines is 1. The van der Waals surface area contributed by atoms with Crippen LogP contribution in [0.25, 0.3) is 0 Å². The summed E-state index contributed by atoms with van der Waals surface area (Å²) in [6, 6.07) is 6.00. The number of carbonyl (C=O) groups is 2. The van der Waals surface area contributed by atoms with E-state index in [1.54, 1.807) is 19.1 Å². The van der Waals surface area contributed by atoms with E-state index in [2.05, 4.69) is 5.32 Å². The number of rotatable bonds is 5. The number of aromatic carboxylic acids is 1. The predicted molar refractivity (Wildman–Crippen MR) is 63.1 cm³/mol. The van der Waals surface area contributed by atoms with Crippen molar-refractivity contribution < 1.29 is 19.4 Å². The molecule has 1 aromatic carbocycles. The molecule has 17 heavy (non-hydrogen) atoms. The first-order valence-electron chi connectivity index (χ1n) is 5.17. The summed E-state index contributed by atoms with van der Waals surface area (Å²) in [5.41, 5.74) is 0.760. The van der Waals surface area contributed by atoms with Gasteiger partial charge in [0.05, 0.1) is 18.1 Å². The van der Waals surface area contributed by atoms with E-state index in [-0.39, 0.29) is 17.4 Å². The first-order valence-corrected chi connectivity index (χ1v) is 5.17. The zero-order chi connectivity index (χ0) is 12.8. The van der Waals surface area contributed by atoms with Crippen molar-refractivity contribution in [1.82, 2.24) is 0 Å². The molecule has 1 amide bonds. The molecule has 0 aromatic heterocycles. The van der Waals surface area contributed by atoms with Crippen LogP contribution in [0.5, 0.6) is 0 Å². The van der Waals surface area contributed by atoms with Crippen LogP contribution < -0.4 is 5.32 Å². The average Bonchev–Trinajstić information content (AvgIpc) is 2.30. The Kier molecular flexibility index (Phi) is 4.66. The Balaban J connectivity index is 2.63. The largest absolute Gasteiger partial charge is 0.478 e. The maximum absolute atomic E-state index is 11.6. The van der Waals surface area contributed by atoms with E-state index in [1.165, 1.54) is 19.2 Å². The van der Waals surface area contributed by atoms with E-state index in [9.17, 15) is 9.59 Å². The molecule has 92 valence electrons. The number of nitrogens with one attached hydrogen (secondary N) is 1. The summed E-state index contributed by atoms with van der Waals surface area (Å²) < 4.78 is 4.87. The normalized spacial score (nSPS) is 11.9. The number of methoxy groups -OCH3 is 1. The standard InChI is InChI=1S/C12H15NO4/c1-8(7-17-2)11(14)13-10-5-3-9(4-6-10)12(15)16/h3-6,8H,7H2,1-2H3,(H,13,14)(H,15,16). The Morgan fingerprint density at radius 2 is 1.94 bits per heavy atom. The van der Waals surface area contributed by atoms with Crippen molar-refractivity contribution in [2.75, 3.05) is 19.0 Å². The van der Waals surface area contributed by atoms with Crippen molar-refractivity contribution >= 4 is 17.6 Å². The van der Waals surface area contributed by atoms with Gasteiger partial charge < -0.3 is 15.2 Å². The van der Waals surface area contributed by atoms with Gasteiger partial charge in [0.25, 0.3) is 0 Å². The van der Waals surface area contributed by atoms with Crippen LogP contribution in [0, 0.1) is 5.92 Å². The Bertz CT molecular complexity index is 399. The van der Waals surface area contributed by atoms with Crippen molar-refractivity contribution in [2.45, 2.75) is 6.92 Å². The fraction of sp³-hybridized carbons (Fsp3) is 0.333. The van der Waals surface area contributed by atoms with E-state index in [1.807, 2.05) is 0 Å². The van der Waals surface area contributed by atoms with Gasteiger partial charge in [0.1, 0.15) is 0 Å². The molecule has 0 spiro atoms. The highest BCUT2D eigenvalue weighted by molar-refractivity contribution is 5.93. The summed E-state index contributed by atoms with van der Waals surface area (Å²) >= 11 is 0. The number of amides is 1. The summed E-state index contributed by atoms with van der Waals surface area (Å²) in [6.45, 7) is 2.10. The summed E-state index contributed by atoms with van der Waals surface area (Å²) in [7, 11) is 1.53. The molecule has 1 unspecified atom stereocenters. The Hall–Kier alpha value is -1.88. The number of carboxylic acid groups (broad SMARTS) is 1. The second kappa shape index (κ2) is 6.00. The quantitative estimate of drug-likeness (QED) is 0.815. The highest BCUT2D eigenvalue weighted by Crippen LogP contribution is 2.11. The molecule has 5 heteroatoms. The van der Waals surface area contributed by atoms with Crippen LogP contribution in [0.2, 0.25) is 0 Å². The molecule has 0 bridgehead atoms. The lowest BCUT2D eigenvalue weighted by atomic mass is 10.1. The van der Waals surface area contributed by atoms with Crippen molar-refractivity contribution in [3.05, 3.63) is 29.8 Å². The van der Waals surface area contributed by atoms with Crippen molar-refractivity contribution in [3.8, 4) is 0 Å². The SMILES string of the molecule is COCC(C)C(=O)Nc1ccc(C(=O)O)cc1. The molecule has 0 aliphatic heterocycles. The fourth-order valence-corrected chi connectivity index (χ4v) is 1.29. The lowest BCUT2D eigenvalue weighted by Gasteiger charge is -2.11. The molecular formula is C12H15NO4. The van der Waals surface area contributed by atoms with Crippen LogP contribution in [0.4, 0.5) is 5.69 Å². The molecular weight excluding hydrogens is 222 g/mol. The average molecular weight is 237 g/mol. The van der Waals surface area contributed by atoms with Crippen molar-refractivity contribution in [3.63, 3.8) is 0 Å². The van der Waals surface area contributed by atoms with E-state index >= 15 is 0 Å². The molecule has 1 atom stereocenters. The van der Waals surface area contributed by atoms with E-state index in [4.69, 9.17) is 9.84 Å². The smallest absolute Gasteiger partial charge is 0.335 e. The second-order valence-corrected chi connectivity index (χ2v) is 3.73. The molecule has 0 radical (unpaired) electrons. The third kappa shape index (κ3) is 3.88. The predicted octanol–water partition coefficient (Wildman–Crippen LogP) is 1.61. The lowest BCUT2D eigenvalue weighted by Crippen LogP contribution is -2.23. The third-order valence-electron chi connectivity index (χ3n) is 2.26. The lowest BCUT2D eigenvalue weighted by molar-refractivity contribution is -0.120. The van der Waals surface area contributed by atoms with Gasteiger partial charge in [-0.2, -0.15) is 0 Å². The van der Waals surface area contributed by atoms with Gasteiger partial charge in [0.15, 0.2) is 0 Å². The van der Waals surface area contributed by atoms with Crippen LogP contribution in [-0.4, -0.2) is 30.7 Å². The van der Waals surface area contributed by atoms with E-state index in [0.29, 0.717) is 12.3 Å². The molecule has 0 heterocycles. The summed E-state index contributed by atoms with van der Waals surface area (Å²) in [5, 5.41) is 11.4.